The number of aliphatic hydroxyl groups excluding tert-OH is 12. The minimum Gasteiger partial charge on any atom is -0.481 e. The molecule has 0 aliphatic carbocycles. The van der Waals surface area contributed by atoms with Crippen molar-refractivity contribution >= 4 is 5.97 Å². The van der Waals surface area contributed by atoms with Crippen molar-refractivity contribution in [1.82, 2.24) is 0 Å². The molecule has 0 saturated carbocycles. The lowest BCUT2D eigenvalue weighted by Crippen LogP contribution is -2.67. The number of unbranched alkanes of at least 4 members (excludes halogenated alkanes) is 8. The zero-order valence-corrected chi connectivity index (χ0v) is 40.7. The van der Waals surface area contributed by atoms with Gasteiger partial charge in [0.05, 0.1) is 37.1 Å². The summed E-state index contributed by atoms with van der Waals surface area (Å²) < 4.78 is 59.4. The largest absolute Gasteiger partial charge is 0.481 e. The highest BCUT2D eigenvalue weighted by atomic mass is 16.8. The second kappa shape index (κ2) is 27.9. The third-order valence-electron chi connectivity index (χ3n) is 14.0. The van der Waals surface area contributed by atoms with Crippen LogP contribution in [-0.2, 0) is 52.2 Å². The Hall–Kier alpha value is -1.41. The van der Waals surface area contributed by atoms with E-state index < -0.39 is 166 Å². The van der Waals surface area contributed by atoms with Gasteiger partial charge in [-0.2, -0.15) is 0 Å². The van der Waals surface area contributed by atoms with Gasteiger partial charge in [0, 0.05) is 6.42 Å². The highest BCUT2D eigenvalue weighted by Gasteiger charge is 2.55. The van der Waals surface area contributed by atoms with Gasteiger partial charge in [0.25, 0.3) is 0 Å². The molecule has 5 saturated heterocycles. The lowest BCUT2D eigenvalue weighted by Gasteiger charge is -2.49. The van der Waals surface area contributed by atoms with Crippen molar-refractivity contribution in [2.45, 2.75) is 278 Å². The van der Waals surface area contributed by atoms with E-state index in [1.807, 2.05) is 0 Å². The number of aliphatic hydroxyl groups is 12. The van der Waals surface area contributed by atoms with Gasteiger partial charge in [-0.25, -0.2) is 0 Å². The van der Waals surface area contributed by atoms with Crippen molar-refractivity contribution in [3.8, 4) is 0 Å². The summed E-state index contributed by atoms with van der Waals surface area (Å²) in [5.74, 6) is -0.790. The Morgan fingerprint density at radius 1 is 0.429 bits per heavy atom. The molecule has 24 nitrogen and oxygen atoms in total. The van der Waals surface area contributed by atoms with Crippen LogP contribution in [0, 0.1) is 0 Å². The Kier molecular flexibility index (Phi) is 23.7. The Balaban J connectivity index is 1.19. The summed E-state index contributed by atoms with van der Waals surface area (Å²) in [7, 11) is 0. The van der Waals surface area contributed by atoms with E-state index in [1.54, 1.807) is 6.92 Å². The molecule has 5 fully saturated rings. The molecule has 0 spiro atoms. The minimum atomic E-state index is -1.90. The first-order valence-electron chi connectivity index (χ1n) is 25.1. The van der Waals surface area contributed by atoms with Crippen LogP contribution in [0.1, 0.15) is 118 Å². The molecule has 0 radical (unpaired) electrons. The van der Waals surface area contributed by atoms with Crippen LogP contribution in [0.15, 0.2) is 0 Å². The van der Waals surface area contributed by atoms with Crippen LogP contribution in [0.3, 0.4) is 0 Å². The predicted molar refractivity (Wildman–Crippen MR) is 237 cm³/mol. The monoisotopic (exact) mass is 1020 g/mol. The zero-order valence-electron chi connectivity index (χ0n) is 40.7. The maximum Gasteiger partial charge on any atom is 0.303 e. The van der Waals surface area contributed by atoms with Gasteiger partial charge in [-0.15, -0.1) is 0 Å². The quantitative estimate of drug-likeness (QED) is 0.0430. The number of carboxylic acid groups (broad SMARTS) is 1. The van der Waals surface area contributed by atoms with E-state index in [-0.39, 0.29) is 12.5 Å². The molecule has 0 aromatic carbocycles. The smallest absolute Gasteiger partial charge is 0.303 e. The molecular formula is C46H82O24. The summed E-state index contributed by atoms with van der Waals surface area (Å²) in [6, 6.07) is 0. The van der Waals surface area contributed by atoms with Crippen LogP contribution < -0.4 is 0 Å². The van der Waals surface area contributed by atoms with E-state index in [9.17, 15) is 66.1 Å². The molecule has 0 aromatic rings. The van der Waals surface area contributed by atoms with Crippen LogP contribution in [0.25, 0.3) is 0 Å². The number of carboxylic acids is 1. The summed E-state index contributed by atoms with van der Waals surface area (Å²) in [6.45, 7) is 7.21. The van der Waals surface area contributed by atoms with Crippen LogP contribution in [0.2, 0.25) is 0 Å². The molecule has 5 aliphatic rings. The predicted octanol–water partition coefficient (Wildman–Crippen LogP) is -2.25. The van der Waals surface area contributed by atoms with E-state index in [1.165, 1.54) is 20.8 Å². The van der Waals surface area contributed by atoms with Crippen molar-refractivity contribution in [2.75, 3.05) is 6.61 Å². The van der Waals surface area contributed by atoms with Crippen molar-refractivity contribution in [3.05, 3.63) is 0 Å². The minimum absolute atomic E-state index is 0.170. The van der Waals surface area contributed by atoms with Crippen LogP contribution in [0.5, 0.6) is 0 Å². The van der Waals surface area contributed by atoms with Crippen molar-refractivity contribution in [1.29, 1.82) is 0 Å². The lowest BCUT2D eigenvalue weighted by molar-refractivity contribution is -0.395. The molecule has 5 heterocycles. The molecule has 0 bridgehead atoms. The molecule has 0 aromatic heterocycles. The topological polar surface area (TPSA) is 372 Å². The molecule has 1 unspecified atom stereocenters. The van der Waals surface area contributed by atoms with Gasteiger partial charge in [-0.1, -0.05) is 64.7 Å². The van der Waals surface area contributed by atoms with Crippen molar-refractivity contribution < 1.29 is 119 Å². The fraction of sp³-hybridized carbons (Fsp3) is 0.978. The van der Waals surface area contributed by atoms with Gasteiger partial charge < -0.3 is 114 Å². The normalized spacial score (nSPS) is 45.4. The zero-order chi connectivity index (χ0) is 51.6. The molecule has 26 atom stereocenters. The van der Waals surface area contributed by atoms with Crippen molar-refractivity contribution in [2.24, 2.45) is 0 Å². The third kappa shape index (κ3) is 15.1. The standard InChI is InChI=1S/C46H82O24/c1-6-7-13-16-24(17-14-11-9-8-10-12-15-18-26(48)49)65-45-40(31(54)27(50)20(2)61-45)69-43-37(60)33(56)38(22(4)64-43)67-42-36(59)34(57)39(23(5)63-42)68-46-41(32(55)28(51)21(3)62-46)70-44-35(58)30(53)29(52)25(19-47)66-44/h20-25,27-47,50-60H,6-19H2,1-5H3,(H,48,49)/t20-,21+,22+,23+,24?,25-,27-,28+,29-,30+,31+,32-,33+,34+,35-,36-,37-,38+,39+,40-,41-,42+,43-,44+,45+,46+/m1/s1. The number of hydrogen-bond acceptors (Lipinski definition) is 23. The molecule has 0 amide bonds. The highest BCUT2D eigenvalue weighted by molar-refractivity contribution is 5.66. The molecule has 13 N–H and O–H groups in total. The second-order valence-electron chi connectivity index (χ2n) is 19.5. The SMILES string of the molecule is CCCCCC(CCCCCCCCCC(=O)O)O[C@@H]1O[C@H](C)[C@@H](O)[C@H](O)[C@H]1O[C@H]1O[C@@H](C)[C@H](O[C@@H]2O[C@@H](C)[C@H](O[C@@H]3O[C@@H](C)[C@H](O)[C@@H](O)[C@H]3O[C@@H]3O[C@H](CO)[C@@H](O)[C@H](O)[C@H]3O)[C@@H](O)[C@H]2O)[C@@H](O)[C@H]1O. The number of aliphatic carboxylic acids is 1. The summed E-state index contributed by atoms with van der Waals surface area (Å²) in [4.78, 5) is 10.8. The molecule has 24 heteroatoms. The van der Waals surface area contributed by atoms with E-state index in [0.717, 1.165) is 57.8 Å². The number of carbonyl (C=O) groups is 1. The van der Waals surface area contributed by atoms with Gasteiger partial charge in [0.1, 0.15) is 97.7 Å². The number of rotatable bonds is 25. The molecule has 5 aliphatic heterocycles. The Morgan fingerprint density at radius 3 is 1.31 bits per heavy atom. The highest BCUT2D eigenvalue weighted by Crippen LogP contribution is 2.36. The average Bonchev–Trinajstić information content (AvgIpc) is 3.32. The summed E-state index contributed by atoms with van der Waals surface area (Å²) in [5, 5.41) is 139. The summed E-state index contributed by atoms with van der Waals surface area (Å²) in [6.07, 6.45) is -28.3. The Labute approximate surface area is 408 Å². The van der Waals surface area contributed by atoms with Gasteiger partial charge in [0.2, 0.25) is 0 Å². The van der Waals surface area contributed by atoms with E-state index in [4.69, 9.17) is 52.5 Å². The third-order valence-corrected chi connectivity index (χ3v) is 14.0. The van der Waals surface area contributed by atoms with E-state index in [0.29, 0.717) is 19.3 Å². The first-order chi connectivity index (χ1) is 33.2. The van der Waals surface area contributed by atoms with Gasteiger partial charge in [-0.3, -0.25) is 4.79 Å². The van der Waals surface area contributed by atoms with Crippen LogP contribution >= 0.6 is 0 Å². The molecule has 410 valence electrons. The maximum atomic E-state index is 11.5. The number of ether oxygens (including phenoxy) is 10. The fourth-order valence-electron chi connectivity index (χ4n) is 9.55. The first kappa shape index (κ1) is 59.5. The van der Waals surface area contributed by atoms with E-state index in [2.05, 4.69) is 6.92 Å². The summed E-state index contributed by atoms with van der Waals surface area (Å²) >= 11 is 0. The number of hydrogen-bond donors (Lipinski definition) is 13. The summed E-state index contributed by atoms with van der Waals surface area (Å²) in [5.41, 5.74) is 0. The van der Waals surface area contributed by atoms with Gasteiger partial charge in [-0.05, 0) is 47.0 Å². The maximum absolute atomic E-state index is 11.5. The fourth-order valence-corrected chi connectivity index (χ4v) is 9.55. The van der Waals surface area contributed by atoms with Gasteiger partial charge in [0.15, 0.2) is 31.5 Å². The van der Waals surface area contributed by atoms with Crippen molar-refractivity contribution in [3.63, 3.8) is 0 Å². The van der Waals surface area contributed by atoms with Crippen LogP contribution in [0.4, 0.5) is 0 Å². The van der Waals surface area contributed by atoms with Crippen LogP contribution in [-0.4, -0.2) is 239 Å². The van der Waals surface area contributed by atoms with E-state index >= 15 is 0 Å². The first-order valence-corrected chi connectivity index (χ1v) is 25.1. The second-order valence-corrected chi connectivity index (χ2v) is 19.5. The average molecular weight is 1020 g/mol. The Morgan fingerprint density at radius 2 is 0.814 bits per heavy atom. The molecule has 5 rings (SSSR count). The van der Waals surface area contributed by atoms with Gasteiger partial charge >= 0.3 is 5.97 Å². The molecule has 70 heavy (non-hydrogen) atoms. The molecular weight excluding hydrogens is 936 g/mol. The lowest BCUT2D eigenvalue weighted by atomic mass is 9.96. The Bertz CT molecular complexity index is 1520.